The zero-order chi connectivity index (χ0) is 13.7. The van der Waals surface area contributed by atoms with E-state index >= 15 is 0 Å². The number of rotatable bonds is 5. The van der Waals surface area contributed by atoms with Crippen LogP contribution in [0.3, 0.4) is 0 Å². The largest absolute Gasteiger partial charge is 0.493 e. The second kappa shape index (κ2) is 6.66. The fourth-order valence-electron chi connectivity index (χ4n) is 2.40. The molecule has 1 aliphatic heterocycles. The lowest BCUT2D eigenvalue weighted by Crippen LogP contribution is -2.36. The van der Waals surface area contributed by atoms with Gasteiger partial charge in [0.25, 0.3) is 0 Å². The van der Waals surface area contributed by atoms with Crippen LogP contribution in [0, 0.1) is 0 Å². The maximum Gasteiger partial charge on any atom is 0.123 e. The molecule has 1 aromatic carbocycles. The molecule has 0 amide bonds. The lowest BCUT2D eigenvalue weighted by molar-refractivity contribution is 0.264. The molecule has 0 atom stereocenters. The Hall–Kier alpha value is -1.42. The number of piperidine rings is 1. The predicted molar refractivity (Wildman–Crippen MR) is 80.8 cm³/mol. The van der Waals surface area contributed by atoms with Gasteiger partial charge in [-0.05, 0) is 45.5 Å². The lowest BCUT2D eigenvalue weighted by atomic mass is 10.1. The number of likely N-dealkylation sites (tertiary alicyclic amines) is 1. The lowest BCUT2D eigenvalue weighted by Gasteiger charge is -2.30. The smallest absolute Gasteiger partial charge is 0.123 e. The molecular weight excluding hydrogens is 238 g/mol. The number of nitrogens with one attached hydrogen (secondary N) is 1. The minimum Gasteiger partial charge on any atom is -0.493 e. The van der Waals surface area contributed by atoms with Crippen molar-refractivity contribution in [2.75, 3.05) is 37.8 Å². The van der Waals surface area contributed by atoms with Gasteiger partial charge in [0, 0.05) is 29.5 Å². The Bertz CT molecular complexity index is 400. The van der Waals surface area contributed by atoms with Gasteiger partial charge in [0.05, 0.1) is 6.61 Å². The van der Waals surface area contributed by atoms with Crippen LogP contribution in [0.2, 0.25) is 0 Å². The van der Waals surface area contributed by atoms with E-state index in [-0.39, 0.29) is 0 Å². The molecule has 1 aliphatic rings. The molecule has 1 aromatic rings. The van der Waals surface area contributed by atoms with Gasteiger partial charge in [-0.25, -0.2) is 0 Å². The molecule has 1 saturated heterocycles. The van der Waals surface area contributed by atoms with Crippen LogP contribution in [0.4, 0.5) is 11.4 Å². The highest BCUT2D eigenvalue weighted by Gasteiger charge is 2.16. The van der Waals surface area contributed by atoms with Crippen LogP contribution < -0.4 is 15.8 Å². The molecular formula is C15H25N3O. The van der Waals surface area contributed by atoms with E-state index in [4.69, 9.17) is 10.5 Å². The van der Waals surface area contributed by atoms with Crippen molar-refractivity contribution in [3.8, 4) is 5.75 Å². The van der Waals surface area contributed by atoms with Gasteiger partial charge < -0.3 is 20.7 Å². The molecule has 4 nitrogen and oxygen atoms in total. The highest BCUT2D eigenvalue weighted by molar-refractivity contribution is 5.59. The van der Waals surface area contributed by atoms with Gasteiger partial charge in [-0.3, -0.25) is 0 Å². The van der Waals surface area contributed by atoms with Crippen molar-refractivity contribution in [2.24, 2.45) is 0 Å². The Kier molecular flexibility index (Phi) is 4.91. The molecule has 1 fully saturated rings. The number of nitrogen functional groups attached to an aromatic ring is 1. The Labute approximate surface area is 115 Å². The van der Waals surface area contributed by atoms with E-state index in [1.54, 1.807) is 0 Å². The summed E-state index contributed by atoms with van der Waals surface area (Å²) >= 11 is 0. The highest BCUT2D eigenvalue weighted by atomic mass is 16.5. The molecule has 0 spiro atoms. The molecule has 3 N–H and O–H groups in total. The van der Waals surface area contributed by atoms with Crippen molar-refractivity contribution < 1.29 is 4.74 Å². The Morgan fingerprint density at radius 3 is 2.74 bits per heavy atom. The summed E-state index contributed by atoms with van der Waals surface area (Å²) in [6, 6.07) is 6.45. The maximum absolute atomic E-state index is 5.93. The fourth-order valence-corrected chi connectivity index (χ4v) is 2.40. The van der Waals surface area contributed by atoms with Crippen molar-refractivity contribution in [2.45, 2.75) is 32.2 Å². The van der Waals surface area contributed by atoms with Crippen molar-refractivity contribution in [1.29, 1.82) is 0 Å². The number of hydrogen-bond acceptors (Lipinski definition) is 4. The number of ether oxygens (including phenoxy) is 1. The SMILES string of the molecule is CCCOc1cc(N)cc(NC2CCN(C)CC2)c1. The van der Waals surface area contributed by atoms with E-state index in [9.17, 15) is 0 Å². The Morgan fingerprint density at radius 1 is 1.32 bits per heavy atom. The Balaban J connectivity index is 1.97. The zero-order valence-corrected chi connectivity index (χ0v) is 12.0. The second-order valence-electron chi connectivity index (χ2n) is 5.36. The first-order chi connectivity index (χ1) is 9.17. The van der Waals surface area contributed by atoms with Crippen LogP contribution in [0.15, 0.2) is 18.2 Å². The summed E-state index contributed by atoms with van der Waals surface area (Å²) < 4.78 is 5.65. The number of anilines is 2. The van der Waals surface area contributed by atoms with Crippen LogP contribution in [0.5, 0.6) is 5.75 Å². The van der Waals surface area contributed by atoms with E-state index in [0.29, 0.717) is 6.04 Å². The van der Waals surface area contributed by atoms with E-state index in [2.05, 4.69) is 24.2 Å². The minimum absolute atomic E-state index is 0.539. The molecule has 1 heterocycles. The first-order valence-electron chi connectivity index (χ1n) is 7.16. The van der Waals surface area contributed by atoms with Gasteiger partial charge in [-0.1, -0.05) is 6.92 Å². The average Bonchev–Trinajstić information content (AvgIpc) is 2.38. The third kappa shape index (κ3) is 4.31. The summed E-state index contributed by atoms with van der Waals surface area (Å²) in [5.74, 6) is 0.859. The first kappa shape index (κ1) is 14.0. The molecule has 0 bridgehead atoms. The minimum atomic E-state index is 0.539. The van der Waals surface area contributed by atoms with Gasteiger partial charge >= 0.3 is 0 Å². The van der Waals surface area contributed by atoms with E-state index in [1.165, 1.54) is 12.8 Å². The van der Waals surface area contributed by atoms with Crippen molar-refractivity contribution in [3.63, 3.8) is 0 Å². The summed E-state index contributed by atoms with van der Waals surface area (Å²) in [5, 5.41) is 3.57. The normalized spacial score (nSPS) is 17.4. The summed E-state index contributed by atoms with van der Waals surface area (Å²) in [7, 11) is 2.17. The van der Waals surface area contributed by atoms with Crippen LogP contribution in [0.25, 0.3) is 0 Å². The quantitative estimate of drug-likeness (QED) is 0.802. The van der Waals surface area contributed by atoms with Gasteiger partial charge in [-0.15, -0.1) is 0 Å². The molecule has 0 aromatic heterocycles. The second-order valence-corrected chi connectivity index (χ2v) is 5.36. The van der Waals surface area contributed by atoms with Crippen LogP contribution in [-0.4, -0.2) is 37.7 Å². The maximum atomic E-state index is 5.93. The molecule has 19 heavy (non-hydrogen) atoms. The molecule has 4 heteroatoms. The summed E-state index contributed by atoms with van der Waals surface area (Å²) in [5.41, 5.74) is 7.75. The van der Waals surface area contributed by atoms with E-state index in [1.807, 2.05) is 18.2 Å². The predicted octanol–water partition coefficient (Wildman–Crippen LogP) is 2.56. The van der Waals surface area contributed by atoms with Crippen LogP contribution in [0.1, 0.15) is 26.2 Å². The molecule has 0 unspecified atom stereocenters. The van der Waals surface area contributed by atoms with Gasteiger partial charge in [0.15, 0.2) is 0 Å². The first-order valence-corrected chi connectivity index (χ1v) is 7.16. The molecule has 0 aliphatic carbocycles. The number of hydrogen-bond donors (Lipinski definition) is 2. The van der Waals surface area contributed by atoms with E-state index in [0.717, 1.165) is 43.2 Å². The third-order valence-electron chi connectivity index (χ3n) is 3.49. The van der Waals surface area contributed by atoms with E-state index < -0.39 is 0 Å². The highest BCUT2D eigenvalue weighted by Crippen LogP contribution is 2.24. The summed E-state index contributed by atoms with van der Waals surface area (Å²) in [6.45, 7) is 5.14. The number of nitrogens with zero attached hydrogens (tertiary/aromatic N) is 1. The van der Waals surface area contributed by atoms with Crippen LogP contribution >= 0.6 is 0 Å². The molecule has 2 rings (SSSR count). The monoisotopic (exact) mass is 263 g/mol. The van der Waals surface area contributed by atoms with Crippen molar-refractivity contribution in [1.82, 2.24) is 4.90 Å². The zero-order valence-electron chi connectivity index (χ0n) is 12.0. The van der Waals surface area contributed by atoms with Gasteiger partial charge in [-0.2, -0.15) is 0 Å². The summed E-state index contributed by atoms with van der Waals surface area (Å²) in [4.78, 5) is 2.37. The standard InChI is InChI=1S/C15H25N3O/c1-3-8-19-15-10-12(16)9-14(11-15)17-13-4-6-18(2)7-5-13/h9-11,13,17H,3-8,16H2,1-2H3. The van der Waals surface area contributed by atoms with Crippen molar-refractivity contribution >= 4 is 11.4 Å². The van der Waals surface area contributed by atoms with Gasteiger partial charge in [0.1, 0.15) is 5.75 Å². The third-order valence-corrected chi connectivity index (χ3v) is 3.49. The van der Waals surface area contributed by atoms with Gasteiger partial charge in [0.2, 0.25) is 0 Å². The van der Waals surface area contributed by atoms with Crippen LogP contribution in [-0.2, 0) is 0 Å². The molecule has 106 valence electrons. The summed E-state index contributed by atoms with van der Waals surface area (Å²) in [6.07, 6.45) is 3.36. The topological polar surface area (TPSA) is 50.5 Å². The average molecular weight is 263 g/mol. The molecule has 0 saturated carbocycles. The van der Waals surface area contributed by atoms with Crippen molar-refractivity contribution in [3.05, 3.63) is 18.2 Å². The number of nitrogens with two attached hydrogens (primary N) is 1. The Morgan fingerprint density at radius 2 is 2.05 bits per heavy atom. The molecule has 0 radical (unpaired) electrons. The number of benzene rings is 1. The fraction of sp³-hybridized carbons (Fsp3) is 0.600.